The van der Waals surface area contributed by atoms with Gasteiger partial charge in [0.25, 0.3) is 0 Å². The van der Waals surface area contributed by atoms with E-state index in [0.29, 0.717) is 18.8 Å². The average Bonchev–Trinajstić information content (AvgIpc) is 2.94. The fraction of sp³-hybridized carbons (Fsp3) is 0.400. The Hall–Kier alpha value is -2.78. The molecule has 7 nitrogen and oxygen atoms in total. The van der Waals surface area contributed by atoms with Crippen LogP contribution < -0.4 is 10.6 Å². The van der Waals surface area contributed by atoms with E-state index in [4.69, 9.17) is 0 Å². The van der Waals surface area contributed by atoms with Gasteiger partial charge in [0.1, 0.15) is 17.1 Å². The van der Waals surface area contributed by atoms with Gasteiger partial charge in [0.15, 0.2) is 0 Å². The van der Waals surface area contributed by atoms with Gasteiger partial charge in [-0.2, -0.15) is 23.3 Å². The molecule has 1 aliphatic rings. The topological polar surface area (TPSA) is 70.9 Å². The molecular formula is C15H18F3N7. The summed E-state index contributed by atoms with van der Waals surface area (Å²) in [4.78, 5) is 9.74. The lowest BCUT2D eigenvalue weighted by molar-refractivity contribution is -0.137. The largest absolute Gasteiger partial charge is 0.421 e. The van der Waals surface area contributed by atoms with E-state index in [2.05, 4.69) is 32.3 Å². The molecule has 0 spiro atoms. The summed E-state index contributed by atoms with van der Waals surface area (Å²) >= 11 is 0. The number of halogens is 3. The first-order valence-electron chi connectivity index (χ1n) is 7.72. The molecule has 25 heavy (non-hydrogen) atoms. The van der Waals surface area contributed by atoms with Gasteiger partial charge in [0, 0.05) is 26.3 Å². The highest BCUT2D eigenvalue weighted by Gasteiger charge is 2.35. The lowest BCUT2D eigenvalue weighted by atomic mass is 10.2. The maximum atomic E-state index is 13.0. The molecule has 1 aliphatic heterocycles. The molecule has 10 heteroatoms. The molecule has 134 valence electrons. The summed E-state index contributed by atoms with van der Waals surface area (Å²) in [6.07, 6.45) is -2.16. The second-order valence-corrected chi connectivity index (χ2v) is 5.61. The number of nitrogens with zero attached hydrogens (tertiary/aromatic N) is 5. The lowest BCUT2D eigenvalue weighted by Gasteiger charge is -2.28. The van der Waals surface area contributed by atoms with Gasteiger partial charge in [0.2, 0.25) is 5.95 Å². The minimum atomic E-state index is -4.52. The molecule has 0 amide bonds. The number of nitrogens with one attached hydrogen (secondary N) is 2. The number of alkyl halides is 3. The minimum absolute atomic E-state index is 0.0563. The van der Waals surface area contributed by atoms with E-state index >= 15 is 0 Å². The maximum Gasteiger partial charge on any atom is 0.421 e. The normalized spacial score (nSPS) is 14.4. The molecule has 3 heterocycles. The Balaban J connectivity index is 1.93. The third-order valence-corrected chi connectivity index (χ3v) is 3.91. The summed E-state index contributed by atoms with van der Waals surface area (Å²) in [6, 6.07) is 0. The monoisotopic (exact) mass is 353 g/mol. The van der Waals surface area contributed by atoms with E-state index in [1.807, 2.05) is 11.9 Å². The van der Waals surface area contributed by atoms with Crippen LogP contribution in [0.2, 0.25) is 0 Å². The molecule has 0 unspecified atom stereocenters. The van der Waals surface area contributed by atoms with Crippen molar-refractivity contribution in [1.29, 1.82) is 0 Å². The highest BCUT2D eigenvalue weighted by molar-refractivity contribution is 5.74. The van der Waals surface area contributed by atoms with Crippen molar-refractivity contribution in [2.24, 2.45) is 0 Å². The number of hydrogen-bond acceptors (Lipinski definition) is 6. The van der Waals surface area contributed by atoms with Crippen molar-refractivity contribution < 1.29 is 13.2 Å². The third kappa shape index (κ3) is 3.24. The van der Waals surface area contributed by atoms with E-state index in [-0.39, 0.29) is 11.8 Å². The molecule has 0 bridgehead atoms. The number of aromatic nitrogens is 4. The summed E-state index contributed by atoms with van der Waals surface area (Å²) < 4.78 is 40.9. The first kappa shape index (κ1) is 17.1. The van der Waals surface area contributed by atoms with Crippen LogP contribution in [0.15, 0.2) is 19.0 Å². The van der Waals surface area contributed by atoms with Gasteiger partial charge in [0.05, 0.1) is 24.1 Å². The van der Waals surface area contributed by atoms with Crippen LogP contribution in [-0.4, -0.2) is 44.8 Å². The average molecular weight is 353 g/mol. The summed E-state index contributed by atoms with van der Waals surface area (Å²) in [6.45, 7) is 7.52. The zero-order valence-electron chi connectivity index (χ0n) is 13.9. The van der Waals surface area contributed by atoms with Gasteiger partial charge >= 0.3 is 6.18 Å². The Labute approximate surface area is 142 Å². The third-order valence-electron chi connectivity index (χ3n) is 3.91. The molecule has 0 saturated carbocycles. The zero-order chi connectivity index (χ0) is 18.2. The fourth-order valence-electron chi connectivity index (χ4n) is 2.58. The molecule has 2 aromatic rings. The number of hydrogen-bond donors (Lipinski definition) is 2. The standard InChI is InChI=1S/C15H18F3N7/c1-4-19-13-10(15(16,17)18)7-20-14(23-13)22-11-8-21-25-6-5-24(3)9(2)12(11)25/h7-8H,2,4-6H2,1,3H3,(H2,19,20,22,23). The van der Waals surface area contributed by atoms with Crippen molar-refractivity contribution in [3.05, 3.63) is 30.2 Å². The fourth-order valence-corrected chi connectivity index (χ4v) is 2.58. The van der Waals surface area contributed by atoms with Crippen LogP contribution in [0, 0.1) is 0 Å². The van der Waals surface area contributed by atoms with Crippen molar-refractivity contribution in [3.63, 3.8) is 0 Å². The number of likely N-dealkylation sites (N-methyl/N-ethyl adjacent to an activating group) is 1. The minimum Gasteiger partial charge on any atom is -0.371 e. The number of rotatable bonds is 4. The van der Waals surface area contributed by atoms with Crippen LogP contribution in [-0.2, 0) is 12.7 Å². The van der Waals surface area contributed by atoms with E-state index < -0.39 is 11.7 Å². The zero-order valence-corrected chi connectivity index (χ0v) is 13.9. The van der Waals surface area contributed by atoms with E-state index in [1.54, 1.807) is 17.8 Å². The van der Waals surface area contributed by atoms with Crippen molar-refractivity contribution in [2.75, 3.05) is 30.8 Å². The Morgan fingerprint density at radius 1 is 1.28 bits per heavy atom. The summed E-state index contributed by atoms with van der Waals surface area (Å²) in [5, 5.41) is 9.83. The van der Waals surface area contributed by atoms with Crippen molar-refractivity contribution in [3.8, 4) is 0 Å². The summed E-state index contributed by atoms with van der Waals surface area (Å²) in [5.74, 6) is -0.203. The van der Waals surface area contributed by atoms with Crippen LogP contribution in [0.1, 0.15) is 18.2 Å². The smallest absolute Gasteiger partial charge is 0.371 e. The molecule has 0 fully saturated rings. The van der Waals surface area contributed by atoms with Crippen LogP contribution >= 0.6 is 0 Å². The Kier molecular flexibility index (Phi) is 4.27. The lowest BCUT2D eigenvalue weighted by Crippen LogP contribution is -2.29. The van der Waals surface area contributed by atoms with E-state index in [0.717, 1.165) is 24.1 Å². The van der Waals surface area contributed by atoms with Crippen LogP contribution in [0.25, 0.3) is 5.70 Å². The summed E-state index contributed by atoms with van der Waals surface area (Å²) in [5.41, 5.74) is 1.23. The van der Waals surface area contributed by atoms with E-state index in [1.165, 1.54) is 0 Å². The van der Waals surface area contributed by atoms with Crippen LogP contribution in [0.5, 0.6) is 0 Å². The van der Waals surface area contributed by atoms with Gasteiger partial charge in [-0.05, 0) is 6.92 Å². The highest BCUT2D eigenvalue weighted by atomic mass is 19.4. The van der Waals surface area contributed by atoms with Gasteiger partial charge in [-0.3, -0.25) is 4.68 Å². The summed E-state index contributed by atoms with van der Waals surface area (Å²) in [7, 11) is 1.92. The maximum absolute atomic E-state index is 13.0. The molecule has 0 saturated heterocycles. The number of fused-ring (bicyclic) bond motifs is 1. The van der Waals surface area contributed by atoms with Gasteiger partial charge in [-0.25, -0.2) is 4.98 Å². The van der Waals surface area contributed by atoms with Crippen molar-refractivity contribution in [1.82, 2.24) is 24.6 Å². The highest BCUT2D eigenvalue weighted by Crippen LogP contribution is 2.35. The Bertz CT molecular complexity index is 797. The Morgan fingerprint density at radius 3 is 2.72 bits per heavy atom. The first-order chi connectivity index (χ1) is 11.8. The van der Waals surface area contributed by atoms with Crippen molar-refractivity contribution in [2.45, 2.75) is 19.6 Å². The predicted octanol–water partition coefficient (Wildman–Crippen LogP) is 2.78. The SMILES string of the molecule is C=C1c2c(Nc3ncc(C(F)(F)F)c(NCC)n3)cnn2CCN1C. The first-order valence-corrected chi connectivity index (χ1v) is 7.72. The van der Waals surface area contributed by atoms with Crippen LogP contribution in [0.3, 0.4) is 0 Å². The second kappa shape index (κ2) is 6.26. The molecule has 0 aromatic carbocycles. The van der Waals surface area contributed by atoms with Crippen LogP contribution in [0.4, 0.5) is 30.6 Å². The second-order valence-electron chi connectivity index (χ2n) is 5.61. The van der Waals surface area contributed by atoms with Gasteiger partial charge in [-0.15, -0.1) is 0 Å². The number of anilines is 3. The van der Waals surface area contributed by atoms with Gasteiger partial charge < -0.3 is 15.5 Å². The molecule has 0 atom stereocenters. The molecule has 0 aliphatic carbocycles. The van der Waals surface area contributed by atoms with Gasteiger partial charge in [-0.1, -0.05) is 6.58 Å². The molecule has 3 rings (SSSR count). The predicted molar refractivity (Wildman–Crippen MR) is 88.4 cm³/mol. The molecule has 2 aromatic heterocycles. The van der Waals surface area contributed by atoms with E-state index in [9.17, 15) is 13.2 Å². The van der Waals surface area contributed by atoms with Crippen molar-refractivity contribution >= 4 is 23.2 Å². The molecule has 0 radical (unpaired) electrons. The quantitative estimate of drug-likeness (QED) is 0.881. The molecular weight excluding hydrogens is 335 g/mol. The molecule has 2 N–H and O–H groups in total. The Morgan fingerprint density at radius 2 is 2.04 bits per heavy atom.